The van der Waals surface area contributed by atoms with Gasteiger partial charge in [-0.2, -0.15) is 5.26 Å². The Labute approximate surface area is 112 Å². The summed E-state index contributed by atoms with van der Waals surface area (Å²) in [7, 11) is 0. The Bertz CT molecular complexity index is 481. The number of rotatable bonds is 4. The molecule has 0 bridgehead atoms. The number of carbonyl (C=O) groups is 1. The number of nitrogens with zero attached hydrogens (tertiary/aromatic N) is 1. The Kier molecular flexibility index (Phi) is 4.27. The van der Waals surface area contributed by atoms with E-state index in [2.05, 4.69) is 17.5 Å². The van der Waals surface area contributed by atoms with Crippen LogP contribution in [0.5, 0.6) is 0 Å². The van der Waals surface area contributed by atoms with Crippen molar-refractivity contribution in [1.82, 2.24) is 5.32 Å². The molecule has 0 saturated carbocycles. The Morgan fingerprint density at radius 2 is 2.39 bits per heavy atom. The molecule has 4 heteroatoms. The molecule has 1 amide bonds. The molecule has 1 aliphatic rings. The fourth-order valence-corrected chi connectivity index (χ4v) is 3.32. The summed E-state index contributed by atoms with van der Waals surface area (Å²) in [5, 5.41) is 11.7. The predicted molar refractivity (Wildman–Crippen MR) is 72.4 cm³/mol. The van der Waals surface area contributed by atoms with Crippen molar-refractivity contribution in [3.8, 4) is 6.07 Å². The fraction of sp³-hybridized carbons (Fsp3) is 0.429. The van der Waals surface area contributed by atoms with E-state index in [0.717, 1.165) is 17.7 Å². The van der Waals surface area contributed by atoms with Gasteiger partial charge in [0, 0.05) is 16.7 Å². The smallest absolute Gasteiger partial charge is 0.228 e. The Morgan fingerprint density at radius 1 is 1.61 bits per heavy atom. The lowest BCUT2D eigenvalue weighted by molar-refractivity contribution is -0.122. The highest BCUT2D eigenvalue weighted by molar-refractivity contribution is 7.99. The number of thioether (sulfide) groups is 1. The van der Waals surface area contributed by atoms with Gasteiger partial charge in [0.1, 0.15) is 0 Å². The van der Waals surface area contributed by atoms with Gasteiger partial charge in [0.05, 0.1) is 18.4 Å². The zero-order valence-electron chi connectivity index (χ0n) is 10.3. The van der Waals surface area contributed by atoms with Crippen LogP contribution in [-0.2, 0) is 4.79 Å². The standard InChI is InChI=1S/C14H16N2OS/c1-2-10(7-8-15)16-14(17)12-9-18-13-6-4-3-5-11(12)13/h3-6,10,12H,2,7,9H2,1H3,(H,16,17). The third-order valence-electron chi connectivity index (χ3n) is 3.19. The molecule has 1 aliphatic heterocycles. The number of nitrogens with one attached hydrogen (secondary N) is 1. The van der Waals surface area contributed by atoms with Gasteiger partial charge in [-0.25, -0.2) is 0 Å². The van der Waals surface area contributed by atoms with Gasteiger partial charge in [0.25, 0.3) is 0 Å². The van der Waals surface area contributed by atoms with Gasteiger partial charge in [0.15, 0.2) is 0 Å². The van der Waals surface area contributed by atoms with Crippen LogP contribution in [0.25, 0.3) is 0 Å². The van der Waals surface area contributed by atoms with E-state index in [9.17, 15) is 4.79 Å². The summed E-state index contributed by atoms with van der Waals surface area (Å²) >= 11 is 1.73. The van der Waals surface area contributed by atoms with Crippen LogP contribution in [0.3, 0.4) is 0 Å². The van der Waals surface area contributed by atoms with E-state index < -0.39 is 0 Å². The van der Waals surface area contributed by atoms with Crippen LogP contribution >= 0.6 is 11.8 Å². The summed E-state index contributed by atoms with van der Waals surface area (Å²) in [4.78, 5) is 13.4. The molecular weight excluding hydrogens is 244 g/mol. The van der Waals surface area contributed by atoms with E-state index in [4.69, 9.17) is 5.26 Å². The maximum atomic E-state index is 12.2. The third kappa shape index (κ3) is 2.68. The summed E-state index contributed by atoms with van der Waals surface area (Å²) in [6.45, 7) is 1.99. The van der Waals surface area contributed by atoms with Crippen molar-refractivity contribution in [3.05, 3.63) is 29.8 Å². The van der Waals surface area contributed by atoms with Crippen LogP contribution in [0.1, 0.15) is 31.2 Å². The lowest BCUT2D eigenvalue weighted by atomic mass is 9.99. The van der Waals surface area contributed by atoms with Gasteiger partial charge in [-0.3, -0.25) is 4.79 Å². The zero-order chi connectivity index (χ0) is 13.0. The molecule has 1 heterocycles. The van der Waals surface area contributed by atoms with Gasteiger partial charge in [0.2, 0.25) is 5.91 Å². The summed E-state index contributed by atoms with van der Waals surface area (Å²) in [6.07, 6.45) is 1.17. The highest BCUT2D eigenvalue weighted by Gasteiger charge is 2.29. The highest BCUT2D eigenvalue weighted by Crippen LogP contribution is 2.39. The Hall–Kier alpha value is -1.47. The Balaban J connectivity index is 2.05. The average Bonchev–Trinajstić information content (AvgIpc) is 2.82. The van der Waals surface area contributed by atoms with Crippen LogP contribution in [0, 0.1) is 11.3 Å². The second-order valence-electron chi connectivity index (χ2n) is 4.38. The molecule has 18 heavy (non-hydrogen) atoms. The summed E-state index contributed by atoms with van der Waals surface area (Å²) in [5.41, 5.74) is 1.12. The topological polar surface area (TPSA) is 52.9 Å². The SMILES string of the molecule is CCC(CC#N)NC(=O)C1CSc2ccccc21. The van der Waals surface area contributed by atoms with E-state index in [1.165, 1.54) is 4.90 Å². The van der Waals surface area contributed by atoms with Gasteiger partial charge in [-0.05, 0) is 18.1 Å². The second kappa shape index (κ2) is 5.92. The van der Waals surface area contributed by atoms with Gasteiger partial charge in [-0.15, -0.1) is 11.8 Å². The third-order valence-corrected chi connectivity index (χ3v) is 4.38. The monoisotopic (exact) mass is 260 g/mol. The van der Waals surface area contributed by atoms with Crippen molar-refractivity contribution in [1.29, 1.82) is 5.26 Å². The van der Waals surface area contributed by atoms with Gasteiger partial charge in [-0.1, -0.05) is 25.1 Å². The van der Waals surface area contributed by atoms with Crippen LogP contribution < -0.4 is 5.32 Å². The van der Waals surface area contributed by atoms with E-state index >= 15 is 0 Å². The van der Waals surface area contributed by atoms with E-state index in [1.807, 2.05) is 25.1 Å². The number of benzene rings is 1. The van der Waals surface area contributed by atoms with Crippen LogP contribution in [0.15, 0.2) is 29.2 Å². The summed E-state index contributed by atoms with van der Waals surface area (Å²) in [5.74, 6) is 0.780. The zero-order valence-corrected chi connectivity index (χ0v) is 11.2. The molecular formula is C14H16N2OS. The van der Waals surface area contributed by atoms with Crippen molar-refractivity contribution in [2.45, 2.75) is 36.6 Å². The molecule has 0 spiro atoms. The fourth-order valence-electron chi connectivity index (χ4n) is 2.09. The summed E-state index contributed by atoms with van der Waals surface area (Å²) < 4.78 is 0. The van der Waals surface area contributed by atoms with Gasteiger partial charge >= 0.3 is 0 Å². The maximum Gasteiger partial charge on any atom is 0.228 e. The molecule has 3 nitrogen and oxygen atoms in total. The Morgan fingerprint density at radius 3 is 3.11 bits per heavy atom. The molecule has 0 fully saturated rings. The molecule has 0 aromatic heterocycles. The number of nitriles is 1. The minimum atomic E-state index is -0.0704. The molecule has 2 unspecified atom stereocenters. The van der Waals surface area contributed by atoms with Crippen molar-refractivity contribution in [2.24, 2.45) is 0 Å². The molecule has 2 rings (SSSR count). The first-order valence-corrected chi connectivity index (χ1v) is 7.13. The van der Waals surface area contributed by atoms with Crippen LogP contribution in [-0.4, -0.2) is 17.7 Å². The predicted octanol–water partition coefficient (Wildman–Crippen LogP) is 2.68. The highest BCUT2D eigenvalue weighted by atomic mass is 32.2. The first kappa shape index (κ1) is 13.0. The lowest BCUT2D eigenvalue weighted by Gasteiger charge is -2.17. The molecule has 0 saturated heterocycles. The first-order valence-electron chi connectivity index (χ1n) is 6.15. The van der Waals surface area contributed by atoms with Crippen LogP contribution in [0.4, 0.5) is 0 Å². The number of fused-ring (bicyclic) bond motifs is 1. The van der Waals surface area contributed by atoms with Crippen molar-refractivity contribution >= 4 is 17.7 Å². The lowest BCUT2D eigenvalue weighted by Crippen LogP contribution is -2.37. The minimum absolute atomic E-state index is 0.0275. The average molecular weight is 260 g/mol. The second-order valence-corrected chi connectivity index (χ2v) is 5.44. The number of hydrogen-bond acceptors (Lipinski definition) is 3. The van der Waals surface area contributed by atoms with Crippen molar-refractivity contribution < 1.29 is 4.79 Å². The molecule has 94 valence electrons. The van der Waals surface area contributed by atoms with E-state index in [1.54, 1.807) is 11.8 Å². The maximum absolute atomic E-state index is 12.2. The number of amides is 1. The van der Waals surface area contributed by atoms with E-state index in [-0.39, 0.29) is 17.9 Å². The molecule has 0 radical (unpaired) electrons. The normalized spacial score (nSPS) is 18.8. The molecule has 2 atom stereocenters. The number of carbonyl (C=O) groups excluding carboxylic acids is 1. The minimum Gasteiger partial charge on any atom is -0.352 e. The van der Waals surface area contributed by atoms with Gasteiger partial charge < -0.3 is 5.32 Å². The molecule has 1 N–H and O–H groups in total. The number of hydrogen-bond donors (Lipinski definition) is 1. The van der Waals surface area contributed by atoms with E-state index in [0.29, 0.717) is 6.42 Å². The summed E-state index contributed by atoms with van der Waals surface area (Å²) in [6, 6.07) is 10.1. The van der Waals surface area contributed by atoms with Crippen LogP contribution in [0.2, 0.25) is 0 Å². The quantitative estimate of drug-likeness (QED) is 0.905. The molecule has 1 aromatic rings. The van der Waals surface area contributed by atoms with Crippen molar-refractivity contribution in [2.75, 3.05) is 5.75 Å². The van der Waals surface area contributed by atoms with Crippen molar-refractivity contribution in [3.63, 3.8) is 0 Å². The first-order chi connectivity index (χ1) is 8.76. The molecule has 1 aromatic carbocycles. The largest absolute Gasteiger partial charge is 0.352 e. The molecule has 0 aliphatic carbocycles.